The minimum atomic E-state index is -0.577. The molecule has 0 aliphatic carbocycles. The minimum Gasteiger partial charge on any atom is -0.484 e. The Balaban J connectivity index is 1.72. The number of nitrogens with zero attached hydrogens (tertiary/aromatic N) is 1. The van der Waals surface area contributed by atoms with Gasteiger partial charge in [-0.15, -0.1) is 11.3 Å². The highest BCUT2D eigenvalue weighted by Gasteiger charge is 2.12. The van der Waals surface area contributed by atoms with Crippen molar-refractivity contribution >= 4 is 28.3 Å². The summed E-state index contributed by atoms with van der Waals surface area (Å²) >= 11 is 1.36. The van der Waals surface area contributed by atoms with Crippen molar-refractivity contribution in [3.63, 3.8) is 0 Å². The van der Waals surface area contributed by atoms with Crippen molar-refractivity contribution in [2.24, 2.45) is 5.73 Å². The first-order chi connectivity index (χ1) is 12.9. The molecular formula is C20H19N3O3S. The van der Waals surface area contributed by atoms with Crippen LogP contribution in [0.3, 0.4) is 0 Å². The van der Waals surface area contributed by atoms with Gasteiger partial charge in [0.25, 0.3) is 11.8 Å². The lowest BCUT2D eigenvalue weighted by atomic mass is 10.0. The lowest BCUT2D eigenvalue weighted by Gasteiger charge is -2.06. The maximum Gasteiger partial charge on any atom is 0.257 e. The standard InChI is InChI=1S/C20H19N3O3S/c1-12-6-7-16(13(2)8-12)17-11-27-20(22-17)23-19(25)14-4-3-5-15(9-14)26-10-18(21)24/h3-9,11H,10H2,1-2H3,(H2,21,24)(H,22,23,25). The maximum absolute atomic E-state index is 12.5. The van der Waals surface area contributed by atoms with Gasteiger partial charge in [-0.25, -0.2) is 4.98 Å². The lowest BCUT2D eigenvalue weighted by Crippen LogP contribution is -2.20. The first-order valence-corrected chi connectivity index (χ1v) is 9.16. The molecule has 0 fully saturated rings. The summed E-state index contributed by atoms with van der Waals surface area (Å²) in [6.45, 7) is 3.85. The van der Waals surface area contributed by atoms with E-state index >= 15 is 0 Å². The molecule has 138 valence electrons. The molecule has 0 bridgehead atoms. The molecule has 2 amide bonds. The van der Waals surface area contributed by atoms with Crippen LogP contribution >= 0.6 is 11.3 Å². The third-order valence-corrected chi connectivity index (χ3v) is 4.62. The van der Waals surface area contributed by atoms with Gasteiger partial charge in [0.15, 0.2) is 11.7 Å². The normalized spacial score (nSPS) is 10.4. The number of rotatable bonds is 6. The van der Waals surface area contributed by atoms with Crippen LogP contribution in [0.5, 0.6) is 5.75 Å². The van der Waals surface area contributed by atoms with E-state index in [0.717, 1.165) is 16.8 Å². The number of primary amides is 1. The van der Waals surface area contributed by atoms with E-state index in [1.54, 1.807) is 24.3 Å². The van der Waals surface area contributed by atoms with Gasteiger partial charge in [0, 0.05) is 16.5 Å². The third-order valence-electron chi connectivity index (χ3n) is 3.86. The lowest BCUT2D eigenvalue weighted by molar-refractivity contribution is -0.119. The van der Waals surface area contributed by atoms with Crippen molar-refractivity contribution < 1.29 is 14.3 Å². The van der Waals surface area contributed by atoms with Crippen molar-refractivity contribution in [3.8, 4) is 17.0 Å². The van der Waals surface area contributed by atoms with E-state index in [1.165, 1.54) is 16.9 Å². The summed E-state index contributed by atoms with van der Waals surface area (Å²) in [7, 11) is 0. The SMILES string of the molecule is Cc1ccc(-c2csc(NC(=O)c3cccc(OCC(N)=O)c3)n2)c(C)c1. The minimum absolute atomic E-state index is 0.239. The summed E-state index contributed by atoms with van der Waals surface area (Å²) in [4.78, 5) is 27.8. The molecule has 1 aromatic heterocycles. The van der Waals surface area contributed by atoms with E-state index in [4.69, 9.17) is 10.5 Å². The van der Waals surface area contributed by atoms with Gasteiger partial charge in [0.05, 0.1) is 5.69 Å². The fraction of sp³-hybridized carbons (Fsp3) is 0.150. The predicted molar refractivity (Wildman–Crippen MR) is 106 cm³/mol. The van der Waals surface area contributed by atoms with E-state index in [-0.39, 0.29) is 12.5 Å². The molecule has 3 aromatic rings. The average Bonchev–Trinajstić information content (AvgIpc) is 3.08. The number of carbonyl (C=O) groups excluding carboxylic acids is 2. The molecule has 0 spiro atoms. The van der Waals surface area contributed by atoms with Crippen molar-refractivity contribution in [2.45, 2.75) is 13.8 Å². The molecule has 7 heteroatoms. The molecule has 6 nitrogen and oxygen atoms in total. The fourth-order valence-corrected chi connectivity index (χ4v) is 3.31. The summed E-state index contributed by atoms with van der Waals surface area (Å²) in [6.07, 6.45) is 0. The number of amides is 2. The Morgan fingerprint density at radius 3 is 2.74 bits per heavy atom. The zero-order chi connectivity index (χ0) is 19.4. The van der Waals surface area contributed by atoms with Crippen LogP contribution in [0.4, 0.5) is 5.13 Å². The summed E-state index contributed by atoms with van der Waals surface area (Å²) in [6, 6.07) is 12.7. The average molecular weight is 381 g/mol. The molecule has 27 heavy (non-hydrogen) atoms. The highest BCUT2D eigenvalue weighted by molar-refractivity contribution is 7.14. The second kappa shape index (κ2) is 8.01. The molecule has 2 aromatic carbocycles. The van der Waals surface area contributed by atoms with Gasteiger partial charge >= 0.3 is 0 Å². The molecule has 0 radical (unpaired) electrons. The second-order valence-corrected chi connectivity index (χ2v) is 6.95. The summed E-state index contributed by atoms with van der Waals surface area (Å²) in [5.41, 5.74) is 9.66. The van der Waals surface area contributed by atoms with Crippen LogP contribution < -0.4 is 15.8 Å². The van der Waals surface area contributed by atoms with E-state index in [1.807, 2.05) is 31.4 Å². The Kier molecular flexibility index (Phi) is 5.52. The van der Waals surface area contributed by atoms with E-state index in [2.05, 4.69) is 16.4 Å². The van der Waals surface area contributed by atoms with Crippen LogP contribution in [0.15, 0.2) is 47.8 Å². The summed E-state index contributed by atoms with van der Waals surface area (Å²) < 4.78 is 5.23. The quantitative estimate of drug-likeness (QED) is 0.683. The number of carbonyl (C=O) groups is 2. The number of aromatic nitrogens is 1. The Hall–Kier alpha value is -3.19. The molecule has 0 aliphatic rings. The summed E-state index contributed by atoms with van der Waals surface area (Å²) in [5, 5.41) is 5.22. The van der Waals surface area contributed by atoms with Crippen molar-refractivity contribution in [1.82, 2.24) is 4.98 Å². The van der Waals surface area contributed by atoms with Gasteiger partial charge < -0.3 is 10.5 Å². The highest BCUT2D eigenvalue weighted by atomic mass is 32.1. The van der Waals surface area contributed by atoms with Crippen molar-refractivity contribution in [2.75, 3.05) is 11.9 Å². The second-order valence-electron chi connectivity index (χ2n) is 6.09. The van der Waals surface area contributed by atoms with Crippen molar-refractivity contribution in [1.29, 1.82) is 0 Å². The predicted octanol–water partition coefficient (Wildman–Crippen LogP) is 3.54. The fourth-order valence-electron chi connectivity index (χ4n) is 2.61. The van der Waals surface area contributed by atoms with E-state index in [9.17, 15) is 9.59 Å². The van der Waals surface area contributed by atoms with E-state index in [0.29, 0.717) is 16.4 Å². The van der Waals surface area contributed by atoms with Gasteiger partial charge in [-0.2, -0.15) is 0 Å². The number of hydrogen-bond donors (Lipinski definition) is 2. The topological polar surface area (TPSA) is 94.3 Å². The molecule has 0 aliphatic heterocycles. The Labute approximate surface area is 161 Å². The van der Waals surface area contributed by atoms with Crippen LogP contribution in [0.1, 0.15) is 21.5 Å². The molecule has 3 N–H and O–H groups in total. The first-order valence-electron chi connectivity index (χ1n) is 8.28. The van der Waals surface area contributed by atoms with Crippen LogP contribution in [-0.4, -0.2) is 23.4 Å². The molecule has 0 saturated heterocycles. The number of aryl methyl sites for hydroxylation is 2. The Morgan fingerprint density at radius 2 is 2.00 bits per heavy atom. The number of hydrogen-bond acceptors (Lipinski definition) is 5. The maximum atomic E-state index is 12.5. The Morgan fingerprint density at radius 1 is 1.19 bits per heavy atom. The number of nitrogens with two attached hydrogens (primary N) is 1. The van der Waals surface area contributed by atoms with Gasteiger partial charge in [-0.1, -0.05) is 29.8 Å². The van der Waals surface area contributed by atoms with Gasteiger partial charge in [0.2, 0.25) is 0 Å². The van der Waals surface area contributed by atoms with E-state index < -0.39 is 5.91 Å². The van der Waals surface area contributed by atoms with Crippen molar-refractivity contribution in [3.05, 3.63) is 64.5 Å². The number of ether oxygens (including phenoxy) is 1. The zero-order valence-electron chi connectivity index (χ0n) is 15.0. The van der Waals surface area contributed by atoms with Crippen LogP contribution in [0.2, 0.25) is 0 Å². The number of nitrogens with one attached hydrogen (secondary N) is 1. The first kappa shape index (κ1) is 18.6. The zero-order valence-corrected chi connectivity index (χ0v) is 15.8. The van der Waals surface area contributed by atoms with Crippen LogP contribution in [-0.2, 0) is 4.79 Å². The Bertz CT molecular complexity index is 998. The number of anilines is 1. The molecule has 0 saturated carbocycles. The summed E-state index contributed by atoms with van der Waals surface area (Å²) in [5.74, 6) is -0.482. The van der Waals surface area contributed by atoms with Crippen LogP contribution in [0.25, 0.3) is 11.3 Å². The number of thiazole rings is 1. The molecule has 0 unspecified atom stereocenters. The number of benzene rings is 2. The molecule has 0 atom stereocenters. The molecular weight excluding hydrogens is 362 g/mol. The third kappa shape index (κ3) is 4.71. The van der Waals surface area contributed by atoms with Gasteiger partial charge in [-0.05, 0) is 37.6 Å². The largest absolute Gasteiger partial charge is 0.484 e. The highest BCUT2D eigenvalue weighted by Crippen LogP contribution is 2.28. The van der Waals surface area contributed by atoms with Gasteiger partial charge in [-0.3, -0.25) is 14.9 Å². The monoisotopic (exact) mass is 381 g/mol. The van der Waals surface area contributed by atoms with Crippen LogP contribution in [0, 0.1) is 13.8 Å². The van der Waals surface area contributed by atoms with Gasteiger partial charge in [0.1, 0.15) is 5.75 Å². The smallest absolute Gasteiger partial charge is 0.257 e. The molecule has 1 heterocycles. The molecule has 3 rings (SSSR count).